The van der Waals surface area contributed by atoms with E-state index >= 15 is 0 Å². The summed E-state index contributed by atoms with van der Waals surface area (Å²) in [6.07, 6.45) is 5.15. The number of hydrogen-bond acceptors (Lipinski definition) is 1. The van der Waals surface area contributed by atoms with Gasteiger partial charge < -0.3 is 5.32 Å². The van der Waals surface area contributed by atoms with Gasteiger partial charge in [0.15, 0.2) is 0 Å². The van der Waals surface area contributed by atoms with E-state index in [1.807, 2.05) is 0 Å². The van der Waals surface area contributed by atoms with E-state index in [1.165, 1.54) is 46.8 Å². The van der Waals surface area contributed by atoms with Gasteiger partial charge in [0.05, 0.1) is 0 Å². The van der Waals surface area contributed by atoms with Gasteiger partial charge in [0.2, 0.25) is 0 Å². The minimum Gasteiger partial charge on any atom is -0.303 e. The van der Waals surface area contributed by atoms with Crippen LogP contribution >= 0.6 is 15.9 Å². The van der Waals surface area contributed by atoms with E-state index < -0.39 is 0 Å². The molecule has 1 nitrogen and oxygen atoms in total. The maximum atomic E-state index is 3.95. The number of rotatable bonds is 4. The third-order valence-electron chi connectivity index (χ3n) is 4.82. The van der Waals surface area contributed by atoms with E-state index in [0.29, 0.717) is 12.1 Å². The molecule has 0 spiro atoms. The lowest BCUT2D eigenvalue weighted by Gasteiger charge is -2.24. The molecule has 108 valence electrons. The van der Waals surface area contributed by atoms with Gasteiger partial charge >= 0.3 is 0 Å². The van der Waals surface area contributed by atoms with E-state index in [1.54, 1.807) is 0 Å². The monoisotopic (exact) mass is 341 g/mol. The maximum absolute atomic E-state index is 3.95. The quantitative estimate of drug-likeness (QED) is 0.808. The summed E-state index contributed by atoms with van der Waals surface area (Å²) in [6, 6.07) is 18.7. The Hall–Kier alpha value is -1.12. The van der Waals surface area contributed by atoms with Crippen LogP contribution < -0.4 is 5.32 Å². The average molecular weight is 342 g/mol. The van der Waals surface area contributed by atoms with Gasteiger partial charge in [0, 0.05) is 16.6 Å². The van der Waals surface area contributed by atoms with Crippen LogP contribution in [0.1, 0.15) is 48.0 Å². The van der Waals surface area contributed by atoms with Crippen LogP contribution in [0.3, 0.4) is 0 Å². The van der Waals surface area contributed by atoms with Gasteiger partial charge in [-0.3, -0.25) is 0 Å². The molecule has 0 heterocycles. The Balaban J connectivity index is 1.58. The molecule has 1 saturated carbocycles. The predicted octanol–water partition coefficient (Wildman–Crippen LogP) is 5.18. The van der Waals surface area contributed by atoms with Crippen molar-refractivity contribution in [3.05, 3.63) is 69.7 Å². The largest absolute Gasteiger partial charge is 0.303 e. The Morgan fingerprint density at radius 1 is 1.00 bits per heavy atom. The minimum absolute atomic E-state index is 0.513. The van der Waals surface area contributed by atoms with Crippen molar-refractivity contribution < 1.29 is 0 Å². The SMILES string of the molecule is Brc1ccc2c(c1)CCC2NC(c1ccccc1)C1CC1. The zero-order chi connectivity index (χ0) is 14.2. The van der Waals surface area contributed by atoms with E-state index in [-0.39, 0.29) is 0 Å². The first-order valence-electron chi connectivity index (χ1n) is 7.90. The first-order valence-corrected chi connectivity index (χ1v) is 8.70. The van der Waals surface area contributed by atoms with Crippen LogP contribution in [0.2, 0.25) is 0 Å². The number of halogens is 1. The van der Waals surface area contributed by atoms with Crippen molar-refractivity contribution >= 4 is 15.9 Å². The van der Waals surface area contributed by atoms with Gasteiger partial charge in [0.25, 0.3) is 0 Å². The number of benzene rings is 2. The Kier molecular flexibility index (Phi) is 3.60. The molecular weight excluding hydrogens is 322 g/mol. The van der Waals surface area contributed by atoms with E-state index in [9.17, 15) is 0 Å². The molecule has 2 aromatic carbocycles. The molecule has 2 unspecified atom stereocenters. The highest BCUT2D eigenvalue weighted by molar-refractivity contribution is 9.10. The molecule has 0 radical (unpaired) electrons. The van der Waals surface area contributed by atoms with Gasteiger partial charge in [-0.25, -0.2) is 0 Å². The summed E-state index contributed by atoms with van der Waals surface area (Å²) < 4.78 is 1.20. The minimum atomic E-state index is 0.513. The fraction of sp³-hybridized carbons (Fsp3) is 0.368. The zero-order valence-electron chi connectivity index (χ0n) is 12.1. The van der Waals surface area contributed by atoms with Crippen LogP contribution in [0.4, 0.5) is 0 Å². The second-order valence-electron chi connectivity index (χ2n) is 6.33. The van der Waals surface area contributed by atoms with Gasteiger partial charge in [-0.15, -0.1) is 0 Å². The van der Waals surface area contributed by atoms with Crippen LogP contribution in [0.5, 0.6) is 0 Å². The lowest BCUT2D eigenvalue weighted by atomic mass is 9.99. The van der Waals surface area contributed by atoms with Crippen LogP contribution in [0.25, 0.3) is 0 Å². The zero-order valence-corrected chi connectivity index (χ0v) is 13.6. The number of hydrogen-bond donors (Lipinski definition) is 1. The molecule has 2 aliphatic carbocycles. The number of aryl methyl sites for hydroxylation is 1. The molecule has 0 bridgehead atoms. The molecule has 2 aromatic rings. The lowest BCUT2D eigenvalue weighted by Crippen LogP contribution is -2.26. The molecule has 2 aliphatic rings. The Morgan fingerprint density at radius 2 is 1.81 bits per heavy atom. The molecule has 2 atom stereocenters. The fourth-order valence-corrected chi connectivity index (χ4v) is 3.98. The van der Waals surface area contributed by atoms with E-state index in [4.69, 9.17) is 0 Å². The van der Waals surface area contributed by atoms with Crippen molar-refractivity contribution in [1.82, 2.24) is 5.32 Å². The Morgan fingerprint density at radius 3 is 2.57 bits per heavy atom. The van der Waals surface area contributed by atoms with Crippen molar-refractivity contribution in [2.75, 3.05) is 0 Å². The summed E-state index contributed by atoms with van der Waals surface area (Å²) in [7, 11) is 0. The van der Waals surface area contributed by atoms with Gasteiger partial charge in [-0.2, -0.15) is 0 Å². The summed E-state index contributed by atoms with van der Waals surface area (Å²) in [5, 5.41) is 3.95. The van der Waals surface area contributed by atoms with Crippen LogP contribution in [0.15, 0.2) is 53.0 Å². The molecule has 0 aromatic heterocycles. The normalized spacial score (nSPS) is 22.0. The van der Waals surface area contributed by atoms with Crippen molar-refractivity contribution in [3.8, 4) is 0 Å². The highest BCUT2D eigenvalue weighted by Gasteiger charge is 2.35. The number of nitrogens with one attached hydrogen (secondary N) is 1. The first kappa shape index (κ1) is 13.5. The molecule has 21 heavy (non-hydrogen) atoms. The molecule has 1 N–H and O–H groups in total. The summed E-state index contributed by atoms with van der Waals surface area (Å²) in [4.78, 5) is 0. The average Bonchev–Trinajstić information content (AvgIpc) is 3.27. The summed E-state index contributed by atoms with van der Waals surface area (Å²) in [6.45, 7) is 0. The molecule has 0 aliphatic heterocycles. The maximum Gasteiger partial charge on any atom is 0.0354 e. The Bertz CT molecular complexity index is 633. The second-order valence-corrected chi connectivity index (χ2v) is 7.24. The smallest absolute Gasteiger partial charge is 0.0354 e. The lowest BCUT2D eigenvalue weighted by molar-refractivity contribution is 0.408. The Labute approximate surface area is 134 Å². The van der Waals surface area contributed by atoms with Crippen LogP contribution in [0, 0.1) is 5.92 Å². The standard InChI is InChI=1S/C19H20BrN/c20-16-9-10-17-15(12-16)8-11-18(17)21-19(14-6-7-14)13-4-2-1-3-5-13/h1-5,9-10,12,14,18-19,21H,6-8,11H2. The third-order valence-corrected chi connectivity index (χ3v) is 5.31. The first-order chi connectivity index (χ1) is 10.3. The van der Waals surface area contributed by atoms with Gasteiger partial charge in [-0.1, -0.05) is 52.3 Å². The molecular formula is C19H20BrN. The molecule has 4 rings (SSSR count). The number of fused-ring (bicyclic) bond motifs is 1. The van der Waals surface area contributed by atoms with Crippen LogP contribution in [-0.2, 0) is 6.42 Å². The molecule has 0 amide bonds. The summed E-state index contributed by atoms with van der Waals surface area (Å²) in [5.74, 6) is 0.826. The highest BCUT2D eigenvalue weighted by Crippen LogP contribution is 2.44. The van der Waals surface area contributed by atoms with Gasteiger partial charge in [0.1, 0.15) is 0 Å². The van der Waals surface area contributed by atoms with Crippen molar-refractivity contribution in [3.63, 3.8) is 0 Å². The molecule has 2 heteroatoms. The summed E-state index contributed by atoms with van der Waals surface area (Å²) in [5.41, 5.74) is 4.45. The van der Waals surface area contributed by atoms with Crippen molar-refractivity contribution in [2.24, 2.45) is 5.92 Å². The van der Waals surface area contributed by atoms with E-state index in [2.05, 4.69) is 69.8 Å². The van der Waals surface area contributed by atoms with Crippen molar-refractivity contribution in [2.45, 2.75) is 37.8 Å². The summed E-state index contributed by atoms with van der Waals surface area (Å²) >= 11 is 3.59. The second kappa shape index (κ2) is 5.58. The fourth-order valence-electron chi connectivity index (χ4n) is 3.57. The van der Waals surface area contributed by atoms with Crippen molar-refractivity contribution in [1.29, 1.82) is 0 Å². The topological polar surface area (TPSA) is 12.0 Å². The molecule has 1 fully saturated rings. The van der Waals surface area contributed by atoms with Gasteiger partial charge in [-0.05, 0) is 60.4 Å². The van der Waals surface area contributed by atoms with E-state index in [0.717, 1.165) is 5.92 Å². The van der Waals surface area contributed by atoms with Crippen LogP contribution in [-0.4, -0.2) is 0 Å². The highest BCUT2D eigenvalue weighted by atomic mass is 79.9. The third kappa shape index (κ3) is 2.79. The predicted molar refractivity (Wildman–Crippen MR) is 90.2 cm³/mol. The molecule has 0 saturated heterocycles.